The molecule has 1 aromatic heterocycles. The van der Waals surface area contributed by atoms with Crippen molar-refractivity contribution in [2.24, 2.45) is 10.7 Å². The van der Waals surface area contributed by atoms with Gasteiger partial charge in [-0.15, -0.1) is 23.1 Å². The van der Waals surface area contributed by atoms with Crippen molar-refractivity contribution in [3.05, 3.63) is 59.1 Å². The third kappa shape index (κ3) is 16.8. The fourth-order valence-electron chi connectivity index (χ4n) is 6.22. The third-order valence-electron chi connectivity index (χ3n) is 9.28. The van der Waals surface area contributed by atoms with Gasteiger partial charge in [-0.05, 0) is 104 Å². The number of esters is 1. The van der Waals surface area contributed by atoms with E-state index in [0.717, 1.165) is 36.1 Å². The summed E-state index contributed by atoms with van der Waals surface area (Å²) in [6, 6.07) is 11.6. The molecule has 0 fully saturated rings. The fourth-order valence-corrected chi connectivity index (χ4v) is 8.32. The maximum Gasteiger partial charge on any atom is 0.408 e. The maximum atomic E-state index is 14.0. The van der Waals surface area contributed by atoms with Gasteiger partial charge in [-0.1, -0.05) is 43.2 Å². The van der Waals surface area contributed by atoms with Crippen LogP contribution in [-0.2, 0) is 35.3 Å². The Morgan fingerprint density at radius 1 is 0.950 bits per heavy atom. The van der Waals surface area contributed by atoms with Gasteiger partial charge in [0.2, 0.25) is 11.8 Å². The number of thiazole rings is 1. The molecule has 1 aliphatic rings. The van der Waals surface area contributed by atoms with E-state index in [2.05, 4.69) is 36.1 Å². The minimum absolute atomic E-state index is 0.00209. The highest BCUT2D eigenvalue weighted by Crippen LogP contribution is 2.31. The molecule has 0 saturated carbocycles. The first-order chi connectivity index (χ1) is 28.6. The lowest BCUT2D eigenvalue weighted by Crippen LogP contribution is -2.53. The third-order valence-corrected chi connectivity index (χ3v) is 11.5. The number of thioether (sulfide) groups is 1. The highest BCUT2D eigenvalue weighted by atomic mass is 32.2. The summed E-state index contributed by atoms with van der Waals surface area (Å²) >= 11 is 2.74. The summed E-state index contributed by atoms with van der Waals surface area (Å²) in [6.07, 6.45) is 3.21. The van der Waals surface area contributed by atoms with Crippen molar-refractivity contribution in [3.8, 4) is 0 Å². The summed E-state index contributed by atoms with van der Waals surface area (Å²) in [7, 11) is 3.99. The number of carboxylic acids is 1. The van der Waals surface area contributed by atoms with Crippen LogP contribution < -0.4 is 27.0 Å². The van der Waals surface area contributed by atoms with Crippen molar-refractivity contribution in [1.29, 1.82) is 0 Å². The predicted octanol–water partition coefficient (Wildman–Crippen LogP) is 4.90. The molecule has 2 heterocycles. The number of alkyl carbamates (subject to hydrolysis) is 1. The van der Waals surface area contributed by atoms with Gasteiger partial charge in [-0.25, -0.2) is 14.6 Å². The van der Waals surface area contributed by atoms with Crippen LogP contribution in [0, 0.1) is 0 Å². The van der Waals surface area contributed by atoms with E-state index in [1.807, 2.05) is 50.5 Å². The van der Waals surface area contributed by atoms with E-state index in [-0.39, 0.29) is 31.9 Å². The number of ether oxygens (including phenoxy) is 2. The number of carbonyl (C=O) groups is 5. The SMILES string of the molecule is CN(C)CCCCC(CNC(CCCCN)C(=O)Nc1ccc2nc(C3=NC(C(=O)O)CS3)sc2c1)NC(=O)C(CCC(=O)OC(C)(C)C)NC(=O)OCc1ccccc1. The van der Waals surface area contributed by atoms with E-state index >= 15 is 0 Å². The van der Waals surface area contributed by atoms with Gasteiger partial charge in [0, 0.05) is 30.4 Å². The fraction of sp³-hybridized carbons (Fsp3) is 0.548. The Balaban J connectivity index is 1.47. The molecule has 0 spiro atoms. The van der Waals surface area contributed by atoms with Crippen LogP contribution in [0.3, 0.4) is 0 Å². The van der Waals surface area contributed by atoms with Gasteiger partial charge in [0.05, 0.1) is 16.3 Å². The van der Waals surface area contributed by atoms with E-state index in [9.17, 15) is 29.1 Å². The van der Waals surface area contributed by atoms with Gasteiger partial charge in [0.1, 0.15) is 28.3 Å². The average molecular weight is 869 g/mol. The van der Waals surface area contributed by atoms with E-state index in [1.54, 1.807) is 32.9 Å². The van der Waals surface area contributed by atoms with Crippen molar-refractivity contribution in [2.45, 2.75) is 109 Å². The smallest absolute Gasteiger partial charge is 0.408 e. The zero-order valence-electron chi connectivity index (χ0n) is 35.2. The number of nitrogens with two attached hydrogens (primary N) is 1. The lowest BCUT2D eigenvalue weighted by atomic mass is 10.0. The lowest BCUT2D eigenvalue weighted by molar-refractivity contribution is -0.155. The number of nitrogens with zero attached hydrogens (tertiary/aromatic N) is 3. The summed E-state index contributed by atoms with van der Waals surface area (Å²) in [5, 5.41) is 22.7. The number of nitrogens with one attached hydrogen (secondary N) is 4. The molecule has 16 nitrogen and oxygen atoms in total. The minimum atomic E-state index is -1.10. The lowest BCUT2D eigenvalue weighted by Gasteiger charge is -2.26. The van der Waals surface area contributed by atoms with Crippen molar-refractivity contribution >= 4 is 73.9 Å². The molecule has 3 amide bonds. The molecule has 2 aromatic carbocycles. The van der Waals surface area contributed by atoms with Gasteiger partial charge >= 0.3 is 18.0 Å². The molecular formula is C42H60N8O8S2. The van der Waals surface area contributed by atoms with E-state index < -0.39 is 53.7 Å². The van der Waals surface area contributed by atoms with Crippen LogP contribution in [0.5, 0.6) is 0 Å². The molecule has 0 radical (unpaired) electrons. The summed E-state index contributed by atoms with van der Waals surface area (Å²) in [5.74, 6) is -1.86. The molecular weight excluding hydrogens is 809 g/mol. The van der Waals surface area contributed by atoms with E-state index in [0.29, 0.717) is 52.8 Å². The zero-order chi connectivity index (χ0) is 43.7. The summed E-state index contributed by atoms with van der Waals surface area (Å²) in [4.78, 5) is 75.9. The van der Waals surface area contributed by atoms with Gasteiger partial charge in [-0.3, -0.25) is 19.4 Å². The number of hydrogen-bond acceptors (Lipinski definition) is 14. The Morgan fingerprint density at radius 2 is 1.70 bits per heavy atom. The second-order valence-electron chi connectivity index (χ2n) is 15.9. The number of fused-ring (bicyclic) bond motifs is 1. The molecule has 0 aliphatic carbocycles. The van der Waals surface area contributed by atoms with Crippen LogP contribution >= 0.6 is 23.1 Å². The van der Waals surface area contributed by atoms with Crippen LogP contribution in [-0.4, -0.2) is 119 Å². The Hall–Kier alpha value is -4.62. The summed E-state index contributed by atoms with van der Waals surface area (Å²) in [6.45, 7) is 6.86. The number of aromatic nitrogens is 1. The number of carboxylic acid groups (broad SMARTS) is 1. The van der Waals surface area contributed by atoms with Crippen LogP contribution in [0.15, 0.2) is 53.5 Å². The van der Waals surface area contributed by atoms with Crippen LogP contribution in [0.25, 0.3) is 10.2 Å². The number of benzene rings is 2. The van der Waals surface area contributed by atoms with Crippen LogP contribution in [0.1, 0.15) is 82.7 Å². The Kier molecular flexibility index (Phi) is 19.2. The second kappa shape index (κ2) is 24.0. The predicted molar refractivity (Wildman–Crippen MR) is 236 cm³/mol. The number of amides is 3. The summed E-state index contributed by atoms with van der Waals surface area (Å²) < 4.78 is 11.7. The highest BCUT2D eigenvalue weighted by molar-refractivity contribution is 8.15. The first-order valence-electron chi connectivity index (χ1n) is 20.3. The van der Waals surface area contributed by atoms with Crippen molar-refractivity contribution in [2.75, 3.05) is 44.8 Å². The van der Waals surface area contributed by atoms with Gasteiger partial charge < -0.3 is 46.5 Å². The number of aliphatic carboxylic acids is 1. The first kappa shape index (κ1) is 48.1. The normalized spacial score (nSPS) is 15.5. The van der Waals surface area contributed by atoms with Crippen molar-refractivity contribution in [1.82, 2.24) is 25.8 Å². The Labute approximate surface area is 360 Å². The van der Waals surface area contributed by atoms with Crippen molar-refractivity contribution in [3.63, 3.8) is 0 Å². The molecule has 1 aliphatic heterocycles. The Bertz CT molecular complexity index is 1920. The maximum absolute atomic E-state index is 14.0. The topological polar surface area (TPSA) is 227 Å². The molecule has 18 heteroatoms. The van der Waals surface area contributed by atoms with E-state index in [4.69, 9.17) is 15.2 Å². The standard InChI is InChI=1S/C42H60N8O8S2/c1-42(2,3)58-35(51)20-19-32(49-41(56)57-25-27-13-7-6-8-14-27)37(53)46-29(15-10-12-22-50(4)5)24-44-31(16-9-11-21-43)36(52)45-28-17-18-30-34(23-28)60-39(47-30)38-48-33(26-59-38)40(54)55/h6-8,13-14,17-18,23,29,31-33,44H,9-12,15-16,19-22,24-26,43H2,1-5H3,(H,45,52)(H,46,53)(H,49,56)(H,54,55). The molecule has 3 aromatic rings. The molecule has 328 valence electrons. The van der Waals surface area contributed by atoms with E-state index in [1.165, 1.54) is 23.1 Å². The number of carbonyl (C=O) groups excluding carboxylic acids is 4. The molecule has 4 atom stereocenters. The van der Waals surface area contributed by atoms with Crippen LogP contribution in [0.4, 0.5) is 10.5 Å². The number of rotatable bonds is 24. The number of hydrogen-bond donors (Lipinski definition) is 6. The largest absolute Gasteiger partial charge is 0.480 e. The number of unbranched alkanes of at least 4 members (excludes halogenated alkanes) is 2. The second-order valence-corrected chi connectivity index (χ2v) is 18.0. The molecule has 0 bridgehead atoms. The molecule has 0 saturated heterocycles. The summed E-state index contributed by atoms with van der Waals surface area (Å²) in [5.41, 5.74) is 7.15. The molecule has 4 unspecified atom stereocenters. The zero-order valence-corrected chi connectivity index (χ0v) is 36.8. The van der Waals surface area contributed by atoms with Crippen LogP contribution in [0.2, 0.25) is 0 Å². The van der Waals surface area contributed by atoms with Gasteiger partial charge in [0.15, 0.2) is 6.04 Å². The molecule has 4 rings (SSSR count). The van der Waals surface area contributed by atoms with Crippen molar-refractivity contribution < 1.29 is 38.6 Å². The van der Waals surface area contributed by atoms with Gasteiger partial charge in [0.25, 0.3) is 0 Å². The first-order valence-corrected chi connectivity index (χ1v) is 22.1. The molecule has 7 N–H and O–H groups in total. The van der Waals surface area contributed by atoms with Gasteiger partial charge in [-0.2, -0.15) is 0 Å². The Morgan fingerprint density at radius 3 is 2.38 bits per heavy atom. The highest BCUT2D eigenvalue weighted by Gasteiger charge is 2.29. The number of aliphatic imine (C=N–C) groups is 1. The quantitative estimate of drug-likeness (QED) is 0.0521. The monoisotopic (exact) mass is 868 g/mol. The molecule has 60 heavy (non-hydrogen) atoms. The average Bonchev–Trinajstić information content (AvgIpc) is 3.86. The number of anilines is 1. The minimum Gasteiger partial charge on any atom is -0.480 e.